The van der Waals surface area contributed by atoms with Gasteiger partial charge in [-0.3, -0.25) is 9.69 Å². The molecule has 2 N–H and O–H groups in total. The van der Waals surface area contributed by atoms with E-state index in [0.29, 0.717) is 6.54 Å². The Kier molecular flexibility index (Phi) is 5.77. The van der Waals surface area contributed by atoms with E-state index in [9.17, 15) is 9.90 Å². The molecular formula is C12H24N2O2. The summed E-state index contributed by atoms with van der Waals surface area (Å²) < 4.78 is 0. The van der Waals surface area contributed by atoms with E-state index in [4.69, 9.17) is 0 Å². The number of aliphatic hydroxyl groups excluding tert-OH is 1. The van der Waals surface area contributed by atoms with Gasteiger partial charge in [-0.1, -0.05) is 26.7 Å². The zero-order valence-electron chi connectivity index (χ0n) is 10.4. The lowest BCUT2D eigenvalue weighted by molar-refractivity contribution is -0.124. The van der Waals surface area contributed by atoms with Crippen LogP contribution >= 0.6 is 0 Å². The van der Waals surface area contributed by atoms with Gasteiger partial charge < -0.3 is 10.4 Å². The van der Waals surface area contributed by atoms with Gasteiger partial charge in [0.1, 0.15) is 0 Å². The summed E-state index contributed by atoms with van der Waals surface area (Å²) in [5.41, 5.74) is 0. The third kappa shape index (κ3) is 4.10. The van der Waals surface area contributed by atoms with Crippen LogP contribution in [0.2, 0.25) is 0 Å². The van der Waals surface area contributed by atoms with Crippen LogP contribution in [-0.2, 0) is 4.79 Å². The minimum absolute atomic E-state index is 0.0307. The molecule has 0 aromatic carbocycles. The lowest BCUT2D eigenvalue weighted by Crippen LogP contribution is -2.48. The van der Waals surface area contributed by atoms with Gasteiger partial charge >= 0.3 is 0 Å². The largest absolute Gasteiger partial charge is 0.391 e. The Hall–Kier alpha value is -0.610. The van der Waals surface area contributed by atoms with Crippen molar-refractivity contribution in [2.75, 3.05) is 19.6 Å². The number of rotatable bonds is 5. The van der Waals surface area contributed by atoms with E-state index < -0.39 is 0 Å². The van der Waals surface area contributed by atoms with Crippen LogP contribution in [0.4, 0.5) is 0 Å². The van der Waals surface area contributed by atoms with Gasteiger partial charge in [-0.25, -0.2) is 0 Å². The van der Waals surface area contributed by atoms with Crippen molar-refractivity contribution in [3.63, 3.8) is 0 Å². The van der Waals surface area contributed by atoms with E-state index in [2.05, 4.69) is 10.2 Å². The lowest BCUT2D eigenvalue weighted by Gasteiger charge is -2.29. The first-order valence-corrected chi connectivity index (χ1v) is 6.37. The Labute approximate surface area is 98.0 Å². The maximum absolute atomic E-state index is 11.7. The predicted octanol–water partition coefficient (Wildman–Crippen LogP) is 0.748. The Morgan fingerprint density at radius 2 is 1.94 bits per heavy atom. The maximum Gasteiger partial charge on any atom is 0.234 e. The van der Waals surface area contributed by atoms with Crippen LogP contribution in [0, 0.1) is 0 Å². The summed E-state index contributed by atoms with van der Waals surface area (Å²) in [7, 11) is 0. The number of hydrogen-bond donors (Lipinski definition) is 2. The highest BCUT2D eigenvalue weighted by Crippen LogP contribution is 2.18. The summed E-state index contributed by atoms with van der Waals surface area (Å²) >= 11 is 0. The molecular weight excluding hydrogens is 204 g/mol. The molecule has 1 aliphatic carbocycles. The predicted molar refractivity (Wildman–Crippen MR) is 64.2 cm³/mol. The summed E-state index contributed by atoms with van der Waals surface area (Å²) in [5, 5.41) is 12.7. The van der Waals surface area contributed by atoms with Crippen molar-refractivity contribution in [1.29, 1.82) is 0 Å². The second-order valence-electron chi connectivity index (χ2n) is 4.49. The molecule has 0 aromatic heterocycles. The molecule has 94 valence electrons. The fourth-order valence-corrected chi connectivity index (χ4v) is 2.18. The molecule has 0 aromatic rings. The molecule has 2 atom stereocenters. The van der Waals surface area contributed by atoms with E-state index in [1.807, 2.05) is 13.8 Å². The second kappa shape index (κ2) is 6.86. The van der Waals surface area contributed by atoms with Gasteiger partial charge in [0.15, 0.2) is 0 Å². The fraction of sp³-hybridized carbons (Fsp3) is 0.917. The first kappa shape index (κ1) is 13.5. The first-order valence-electron chi connectivity index (χ1n) is 6.37. The Morgan fingerprint density at radius 1 is 1.31 bits per heavy atom. The number of carbonyl (C=O) groups excluding carboxylic acids is 1. The molecule has 0 aliphatic heterocycles. The molecule has 0 spiro atoms. The third-order valence-corrected chi connectivity index (χ3v) is 3.34. The van der Waals surface area contributed by atoms with Crippen molar-refractivity contribution in [1.82, 2.24) is 10.2 Å². The molecule has 0 saturated heterocycles. The Balaban J connectivity index is 2.32. The van der Waals surface area contributed by atoms with Gasteiger partial charge in [-0.15, -0.1) is 0 Å². The minimum Gasteiger partial charge on any atom is -0.391 e. The van der Waals surface area contributed by atoms with Gasteiger partial charge in [0, 0.05) is 0 Å². The van der Waals surface area contributed by atoms with Crippen molar-refractivity contribution >= 4 is 5.91 Å². The van der Waals surface area contributed by atoms with Crippen LogP contribution in [0.1, 0.15) is 39.5 Å². The van der Waals surface area contributed by atoms with E-state index in [1.54, 1.807) is 0 Å². The molecule has 1 amide bonds. The SMILES string of the molecule is CCN(CC)CC(=O)NC1CCCCC1O. The smallest absolute Gasteiger partial charge is 0.234 e. The number of likely N-dealkylation sites (N-methyl/N-ethyl adjacent to an activating group) is 1. The molecule has 16 heavy (non-hydrogen) atoms. The van der Waals surface area contributed by atoms with Gasteiger partial charge in [0.05, 0.1) is 18.7 Å². The highest BCUT2D eigenvalue weighted by Gasteiger charge is 2.24. The lowest BCUT2D eigenvalue weighted by atomic mass is 9.92. The average Bonchev–Trinajstić information content (AvgIpc) is 2.29. The second-order valence-corrected chi connectivity index (χ2v) is 4.49. The van der Waals surface area contributed by atoms with Crippen LogP contribution in [0.3, 0.4) is 0 Å². The van der Waals surface area contributed by atoms with Crippen LogP contribution < -0.4 is 5.32 Å². The number of hydrogen-bond acceptors (Lipinski definition) is 3. The molecule has 0 radical (unpaired) electrons. The van der Waals surface area contributed by atoms with Crippen molar-refractivity contribution in [2.24, 2.45) is 0 Å². The molecule has 1 aliphatic rings. The molecule has 4 heteroatoms. The molecule has 1 saturated carbocycles. The quantitative estimate of drug-likeness (QED) is 0.730. The number of nitrogens with one attached hydrogen (secondary N) is 1. The molecule has 2 unspecified atom stereocenters. The fourth-order valence-electron chi connectivity index (χ4n) is 2.18. The molecule has 1 rings (SSSR count). The normalized spacial score (nSPS) is 25.8. The number of amides is 1. The molecule has 4 nitrogen and oxygen atoms in total. The van der Waals surface area contributed by atoms with E-state index in [-0.39, 0.29) is 18.1 Å². The van der Waals surface area contributed by atoms with E-state index >= 15 is 0 Å². The van der Waals surface area contributed by atoms with Gasteiger partial charge in [-0.05, 0) is 25.9 Å². The minimum atomic E-state index is -0.352. The zero-order chi connectivity index (χ0) is 12.0. The summed E-state index contributed by atoms with van der Waals surface area (Å²) in [6.45, 7) is 6.31. The molecule has 1 fully saturated rings. The number of nitrogens with zero attached hydrogens (tertiary/aromatic N) is 1. The van der Waals surface area contributed by atoms with Crippen molar-refractivity contribution in [2.45, 2.75) is 51.7 Å². The Morgan fingerprint density at radius 3 is 2.50 bits per heavy atom. The van der Waals surface area contributed by atoms with Crippen molar-refractivity contribution < 1.29 is 9.90 Å². The topological polar surface area (TPSA) is 52.6 Å². The van der Waals surface area contributed by atoms with E-state index in [0.717, 1.165) is 38.8 Å². The van der Waals surface area contributed by atoms with Gasteiger partial charge in [0.25, 0.3) is 0 Å². The van der Waals surface area contributed by atoms with Gasteiger partial charge in [0.2, 0.25) is 5.91 Å². The van der Waals surface area contributed by atoms with Crippen LogP contribution in [0.25, 0.3) is 0 Å². The standard InChI is InChI=1S/C12H24N2O2/c1-3-14(4-2)9-12(16)13-10-7-5-6-8-11(10)15/h10-11,15H,3-9H2,1-2H3,(H,13,16). The summed E-state index contributed by atoms with van der Waals surface area (Å²) in [5.74, 6) is 0.0367. The Bertz CT molecular complexity index is 217. The summed E-state index contributed by atoms with van der Waals surface area (Å²) in [6, 6.07) is -0.0307. The van der Waals surface area contributed by atoms with Crippen LogP contribution in [0.5, 0.6) is 0 Å². The molecule has 0 bridgehead atoms. The highest BCUT2D eigenvalue weighted by molar-refractivity contribution is 5.78. The number of aliphatic hydroxyl groups is 1. The average molecular weight is 228 g/mol. The van der Waals surface area contributed by atoms with E-state index in [1.165, 1.54) is 0 Å². The maximum atomic E-state index is 11.7. The van der Waals surface area contributed by atoms with Crippen LogP contribution in [0.15, 0.2) is 0 Å². The van der Waals surface area contributed by atoms with Crippen LogP contribution in [-0.4, -0.2) is 47.7 Å². The van der Waals surface area contributed by atoms with Gasteiger partial charge in [-0.2, -0.15) is 0 Å². The van der Waals surface area contributed by atoms with Crippen molar-refractivity contribution in [3.8, 4) is 0 Å². The number of carbonyl (C=O) groups is 1. The molecule has 0 heterocycles. The summed E-state index contributed by atoms with van der Waals surface area (Å²) in [4.78, 5) is 13.8. The third-order valence-electron chi connectivity index (χ3n) is 3.34. The monoisotopic (exact) mass is 228 g/mol. The summed E-state index contributed by atoms with van der Waals surface area (Å²) in [6.07, 6.45) is 3.55. The zero-order valence-corrected chi connectivity index (χ0v) is 10.4. The first-order chi connectivity index (χ1) is 7.67. The highest BCUT2D eigenvalue weighted by atomic mass is 16.3. The van der Waals surface area contributed by atoms with Crippen molar-refractivity contribution in [3.05, 3.63) is 0 Å².